The van der Waals surface area contributed by atoms with Crippen molar-refractivity contribution >= 4 is 11.2 Å². The number of fused-ring (bicyclic) bond motifs is 1. The molecule has 2 aromatic heterocycles. The first-order chi connectivity index (χ1) is 9.40. The second-order valence-electron chi connectivity index (χ2n) is 4.44. The van der Waals surface area contributed by atoms with E-state index >= 15 is 0 Å². The van der Waals surface area contributed by atoms with Crippen LogP contribution in [-0.4, -0.2) is 21.1 Å². The molecule has 3 aromatic rings. The molecule has 0 saturated carbocycles. The lowest BCUT2D eigenvalue weighted by molar-refractivity contribution is 0.770. The summed E-state index contributed by atoms with van der Waals surface area (Å²) >= 11 is 0. The zero-order valence-electron chi connectivity index (χ0n) is 10.7. The number of aromatic nitrogens is 3. The van der Waals surface area contributed by atoms with Crippen LogP contribution in [0.2, 0.25) is 0 Å². The van der Waals surface area contributed by atoms with Crippen molar-refractivity contribution in [2.75, 3.05) is 6.54 Å². The number of para-hydroxylation sites is 1. The van der Waals surface area contributed by atoms with Crippen LogP contribution < -0.4 is 5.73 Å². The number of hydrogen-bond acceptors (Lipinski definition) is 3. The highest BCUT2D eigenvalue weighted by Gasteiger charge is 2.11. The monoisotopic (exact) mass is 252 g/mol. The Bertz CT molecular complexity index is 673. The zero-order chi connectivity index (χ0) is 13.1. The van der Waals surface area contributed by atoms with Gasteiger partial charge in [0, 0.05) is 18.3 Å². The Kier molecular flexibility index (Phi) is 3.25. The maximum Gasteiger partial charge on any atom is 0.178 e. The maximum absolute atomic E-state index is 5.61. The molecule has 96 valence electrons. The molecule has 0 radical (unpaired) electrons. The van der Waals surface area contributed by atoms with Crippen molar-refractivity contribution in [3.8, 4) is 5.69 Å². The number of rotatable bonds is 4. The van der Waals surface area contributed by atoms with E-state index in [2.05, 4.69) is 26.7 Å². The average Bonchev–Trinajstić information content (AvgIpc) is 2.84. The first kappa shape index (κ1) is 11.9. The minimum atomic E-state index is 0.672. The van der Waals surface area contributed by atoms with Crippen LogP contribution in [0.4, 0.5) is 0 Å². The fourth-order valence-electron chi connectivity index (χ4n) is 2.25. The first-order valence-electron chi connectivity index (χ1n) is 6.48. The molecular formula is C15H16N4. The van der Waals surface area contributed by atoms with Gasteiger partial charge in [-0.2, -0.15) is 0 Å². The van der Waals surface area contributed by atoms with E-state index in [0.717, 1.165) is 35.5 Å². The molecule has 0 bridgehead atoms. The maximum atomic E-state index is 5.61. The van der Waals surface area contributed by atoms with Gasteiger partial charge in [0.25, 0.3) is 0 Å². The molecule has 0 atom stereocenters. The van der Waals surface area contributed by atoms with Crippen LogP contribution in [0.3, 0.4) is 0 Å². The summed E-state index contributed by atoms with van der Waals surface area (Å²) in [6.07, 6.45) is 3.56. The largest absolute Gasteiger partial charge is 0.330 e. The lowest BCUT2D eigenvalue weighted by Crippen LogP contribution is -2.05. The second kappa shape index (κ2) is 5.20. The minimum absolute atomic E-state index is 0.672. The van der Waals surface area contributed by atoms with Crippen LogP contribution in [0.1, 0.15) is 12.2 Å². The lowest BCUT2D eigenvalue weighted by Gasteiger charge is -2.08. The molecule has 0 spiro atoms. The van der Waals surface area contributed by atoms with Crippen molar-refractivity contribution in [3.63, 3.8) is 0 Å². The van der Waals surface area contributed by atoms with Crippen LogP contribution >= 0.6 is 0 Å². The Labute approximate surface area is 111 Å². The Hall–Kier alpha value is -2.20. The highest BCUT2D eigenvalue weighted by atomic mass is 15.1. The third-order valence-electron chi connectivity index (χ3n) is 3.12. The highest BCUT2D eigenvalue weighted by Crippen LogP contribution is 2.20. The van der Waals surface area contributed by atoms with E-state index in [1.807, 2.05) is 30.3 Å². The summed E-state index contributed by atoms with van der Waals surface area (Å²) in [6.45, 7) is 0.672. The van der Waals surface area contributed by atoms with Gasteiger partial charge in [-0.25, -0.2) is 9.97 Å². The Morgan fingerprint density at radius 2 is 1.89 bits per heavy atom. The molecule has 0 unspecified atom stereocenters. The molecular weight excluding hydrogens is 236 g/mol. The third kappa shape index (κ3) is 2.22. The van der Waals surface area contributed by atoms with E-state index < -0.39 is 0 Å². The molecule has 0 fully saturated rings. The molecule has 0 saturated heterocycles. The van der Waals surface area contributed by atoms with E-state index in [0.29, 0.717) is 6.54 Å². The van der Waals surface area contributed by atoms with Gasteiger partial charge in [0.15, 0.2) is 5.65 Å². The van der Waals surface area contributed by atoms with Gasteiger partial charge in [-0.15, -0.1) is 0 Å². The van der Waals surface area contributed by atoms with E-state index in [-0.39, 0.29) is 0 Å². The van der Waals surface area contributed by atoms with Gasteiger partial charge in [0.05, 0.1) is 5.52 Å². The Balaban J connectivity index is 2.19. The van der Waals surface area contributed by atoms with Crippen molar-refractivity contribution in [2.24, 2.45) is 5.73 Å². The van der Waals surface area contributed by atoms with Gasteiger partial charge in [0.1, 0.15) is 5.82 Å². The van der Waals surface area contributed by atoms with E-state index in [9.17, 15) is 0 Å². The summed E-state index contributed by atoms with van der Waals surface area (Å²) in [5.41, 5.74) is 8.55. The molecule has 1 aromatic carbocycles. The highest BCUT2D eigenvalue weighted by molar-refractivity contribution is 5.74. The number of pyridine rings is 1. The number of hydrogen-bond donors (Lipinski definition) is 1. The van der Waals surface area contributed by atoms with E-state index in [1.165, 1.54) is 0 Å². The SMILES string of the molecule is NCCCc1nc2ncccc2n1-c1ccccc1. The predicted octanol–water partition coefficient (Wildman–Crippen LogP) is 2.31. The van der Waals surface area contributed by atoms with Crippen LogP contribution in [0.25, 0.3) is 16.9 Å². The standard InChI is InChI=1S/C15H16N4/c16-10-4-9-14-18-15-13(8-5-11-17-15)19(14)12-6-2-1-3-7-12/h1-3,5-8,11H,4,9-10,16H2. The van der Waals surface area contributed by atoms with Gasteiger partial charge in [0.2, 0.25) is 0 Å². The topological polar surface area (TPSA) is 56.7 Å². The Morgan fingerprint density at radius 1 is 1.05 bits per heavy atom. The number of nitrogens with zero attached hydrogens (tertiary/aromatic N) is 3. The second-order valence-corrected chi connectivity index (χ2v) is 4.44. The molecule has 0 aliphatic heterocycles. The average molecular weight is 252 g/mol. The quantitative estimate of drug-likeness (QED) is 0.775. The zero-order valence-corrected chi connectivity index (χ0v) is 10.7. The molecule has 3 rings (SSSR count). The van der Waals surface area contributed by atoms with Gasteiger partial charge < -0.3 is 5.73 Å². The number of benzene rings is 1. The van der Waals surface area contributed by atoms with Crippen molar-refractivity contribution < 1.29 is 0 Å². The Morgan fingerprint density at radius 3 is 2.68 bits per heavy atom. The summed E-state index contributed by atoms with van der Waals surface area (Å²) in [6, 6.07) is 14.2. The number of aryl methyl sites for hydroxylation is 1. The van der Waals surface area contributed by atoms with Gasteiger partial charge >= 0.3 is 0 Å². The molecule has 19 heavy (non-hydrogen) atoms. The molecule has 2 heterocycles. The summed E-state index contributed by atoms with van der Waals surface area (Å²) in [4.78, 5) is 8.96. The first-order valence-corrected chi connectivity index (χ1v) is 6.48. The molecule has 0 amide bonds. The van der Waals surface area contributed by atoms with Crippen LogP contribution in [0.5, 0.6) is 0 Å². The number of imidazole rings is 1. The van der Waals surface area contributed by atoms with Crippen LogP contribution in [0.15, 0.2) is 48.7 Å². The summed E-state index contributed by atoms with van der Waals surface area (Å²) in [5.74, 6) is 1.02. The fraction of sp³-hybridized carbons (Fsp3) is 0.200. The molecule has 4 heteroatoms. The summed E-state index contributed by atoms with van der Waals surface area (Å²) in [7, 11) is 0. The van der Waals surface area contributed by atoms with Crippen molar-refractivity contribution in [3.05, 3.63) is 54.5 Å². The van der Waals surface area contributed by atoms with E-state index in [4.69, 9.17) is 5.73 Å². The van der Waals surface area contributed by atoms with Gasteiger partial charge in [-0.3, -0.25) is 4.57 Å². The smallest absolute Gasteiger partial charge is 0.178 e. The lowest BCUT2D eigenvalue weighted by atomic mass is 10.2. The molecule has 2 N–H and O–H groups in total. The van der Waals surface area contributed by atoms with Crippen molar-refractivity contribution in [1.29, 1.82) is 0 Å². The fourth-order valence-corrected chi connectivity index (χ4v) is 2.25. The van der Waals surface area contributed by atoms with Crippen molar-refractivity contribution in [2.45, 2.75) is 12.8 Å². The third-order valence-corrected chi connectivity index (χ3v) is 3.12. The number of nitrogens with two attached hydrogens (primary N) is 1. The van der Waals surface area contributed by atoms with Gasteiger partial charge in [-0.05, 0) is 37.2 Å². The summed E-state index contributed by atoms with van der Waals surface area (Å²) in [5, 5.41) is 0. The predicted molar refractivity (Wildman–Crippen MR) is 76.2 cm³/mol. The normalized spacial score (nSPS) is 11.0. The molecule has 0 aliphatic rings. The summed E-state index contributed by atoms with van der Waals surface area (Å²) < 4.78 is 2.16. The molecule has 0 aliphatic carbocycles. The van der Waals surface area contributed by atoms with Crippen LogP contribution in [0, 0.1) is 0 Å². The van der Waals surface area contributed by atoms with Crippen molar-refractivity contribution in [1.82, 2.24) is 14.5 Å². The minimum Gasteiger partial charge on any atom is -0.330 e. The van der Waals surface area contributed by atoms with Gasteiger partial charge in [-0.1, -0.05) is 18.2 Å². The van der Waals surface area contributed by atoms with E-state index in [1.54, 1.807) is 6.20 Å². The van der Waals surface area contributed by atoms with Crippen LogP contribution in [-0.2, 0) is 6.42 Å². The molecule has 4 nitrogen and oxygen atoms in total.